The van der Waals surface area contributed by atoms with Gasteiger partial charge >= 0.3 is 0 Å². The molecule has 0 amide bonds. The van der Waals surface area contributed by atoms with E-state index in [0.717, 1.165) is 34.8 Å². The molecule has 0 aliphatic rings. The van der Waals surface area contributed by atoms with Gasteiger partial charge in [-0.1, -0.05) is 24.3 Å². The first-order valence-corrected chi connectivity index (χ1v) is 10.6. The molecule has 0 bridgehead atoms. The third-order valence-electron chi connectivity index (χ3n) is 4.20. The van der Waals surface area contributed by atoms with E-state index in [1.807, 2.05) is 31.2 Å². The lowest BCUT2D eigenvalue weighted by Crippen LogP contribution is -2.37. The van der Waals surface area contributed by atoms with E-state index >= 15 is 0 Å². The molecule has 0 aromatic heterocycles. The summed E-state index contributed by atoms with van der Waals surface area (Å²) in [5.74, 6) is 1.60. The van der Waals surface area contributed by atoms with Crippen LogP contribution in [0.25, 0.3) is 0 Å². The highest BCUT2D eigenvalue weighted by molar-refractivity contribution is 14.0. The van der Waals surface area contributed by atoms with Crippen molar-refractivity contribution in [2.45, 2.75) is 24.8 Å². The summed E-state index contributed by atoms with van der Waals surface area (Å²) in [6.45, 7) is 3.37. The molecule has 0 fully saturated rings. The highest BCUT2D eigenvalue weighted by Gasteiger charge is 2.06. The van der Waals surface area contributed by atoms with Crippen LogP contribution in [-0.4, -0.2) is 41.3 Å². The van der Waals surface area contributed by atoms with Crippen LogP contribution >= 0.6 is 24.0 Å². The summed E-state index contributed by atoms with van der Waals surface area (Å²) in [4.78, 5) is 4.57. The van der Waals surface area contributed by atoms with Gasteiger partial charge in [-0.25, -0.2) is 8.42 Å². The van der Waals surface area contributed by atoms with Crippen molar-refractivity contribution in [3.8, 4) is 5.75 Å². The minimum Gasteiger partial charge on any atom is -0.496 e. The molecule has 0 radical (unpaired) electrons. The third kappa shape index (κ3) is 7.31. The molecule has 0 aliphatic carbocycles. The van der Waals surface area contributed by atoms with Gasteiger partial charge < -0.3 is 15.4 Å². The van der Waals surface area contributed by atoms with Crippen molar-refractivity contribution in [2.75, 3.05) is 27.0 Å². The minimum absolute atomic E-state index is 0. The minimum atomic E-state index is -3.15. The molecule has 0 spiro atoms. The Morgan fingerprint density at radius 3 is 2.25 bits per heavy atom. The first kappa shape index (κ1) is 24.2. The summed E-state index contributed by atoms with van der Waals surface area (Å²) < 4.78 is 28.3. The zero-order chi connectivity index (χ0) is 19.9. The van der Waals surface area contributed by atoms with Crippen molar-refractivity contribution in [1.82, 2.24) is 10.6 Å². The van der Waals surface area contributed by atoms with E-state index in [-0.39, 0.29) is 24.0 Å². The fourth-order valence-electron chi connectivity index (χ4n) is 2.69. The van der Waals surface area contributed by atoms with Crippen LogP contribution in [-0.2, 0) is 22.8 Å². The van der Waals surface area contributed by atoms with Crippen LogP contribution in [0.15, 0.2) is 52.4 Å². The van der Waals surface area contributed by atoms with Crippen molar-refractivity contribution in [1.29, 1.82) is 0 Å². The van der Waals surface area contributed by atoms with E-state index in [9.17, 15) is 8.42 Å². The number of benzene rings is 2. The van der Waals surface area contributed by atoms with E-state index < -0.39 is 9.84 Å². The van der Waals surface area contributed by atoms with Crippen molar-refractivity contribution in [3.05, 3.63) is 59.2 Å². The molecule has 0 saturated carbocycles. The number of nitrogens with one attached hydrogen (secondary N) is 2. The molecule has 0 atom stereocenters. The molecule has 2 rings (SSSR count). The number of hydrogen-bond acceptors (Lipinski definition) is 4. The fourth-order valence-corrected chi connectivity index (χ4v) is 3.32. The van der Waals surface area contributed by atoms with Crippen LogP contribution < -0.4 is 15.4 Å². The van der Waals surface area contributed by atoms with E-state index in [4.69, 9.17) is 4.74 Å². The number of hydrogen-bond donors (Lipinski definition) is 2. The van der Waals surface area contributed by atoms with Crippen molar-refractivity contribution < 1.29 is 13.2 Å². The molecule has 6 nitrogen and oxygen atoms in total. The molecule has 0 unspecified atom stereocenters. The van der Waals surface area contributed by atoms with Crippen LogP contribution in [0.2, 0.25) is 0 Å². The largest absolute Gasteiger partial charge is 0.496 e. The average Bonchev–Trinajstić information content (AvgIpc) is 2.64. The Kier molecular flexibility index (Phi) is 9.74. The Bertz CT molecular complexity index is 897. The van der Waals surface area contributed by atoms with Gasteiger partial charge in [-0.3, -0.25) is 4.99 Å². The molecule has 8 heteroatoms. The number of guanidine groups is 1. The lowest BCUT2D eigenvalue weighted by molar-refractivity contribution is 0.411. The number of aryl methyl sites for hydroxylation is 1. The smallest absolute Gasteiger partial charge is 0.191 e. The Morgan fingerprint density at radius 2 is 1.71 bits per heavy atom. The van der Waals surface area contributed by atoms with Crippen LogP contribution in [0.1, 0.15) is 16.7 Å². The second-order valence-corrected chi connectivity index (χ2v) is 8.34. The van der Waals surface area contributed by atoms with Gasteiger partial charge in [0.25, 0.3) is 0 Å². The number of ether oxygens (including phenoxy) is 1. The van der Waals surface area contributed by atoms with Gasteiger partial charge in [0, 0.05) is 26.4 Å². The molecule has 2 aromatic rings. The molecule has 154 valence electrons. The predicted molar refractivity (Wildman–Crippen MR) is 125 cm³/mol. The van der Waals surface area contributed by atoms with E-state index in [1.54, 1.807) is 26.3 Å². The molecule has 0 aliphatic heterocycles. The summed E-state index contributed by atoms with van der Waals surface area (Å²) in [7, 11) is 0.248. The lowest BCUT2D eigenvalue weighted by Gasteiger charge is -2.13. The fraction of sp³-hybridized carbons (Fsp3) is 0.350. The summed E-state index contributed by atoms with van der Waals surface area (Å²) in [5.41, 5.74) is 3.31. The van der Waals surface area contributed by atoms with Crippen LogP contribution in [0.3, 0.4) is 0 Å². The molecule has 2 N–H and O–H groups in total. The van der Waals surface area contributed by atoms with E-state index in [0.29, 0.717) is 18.0 Å². The Labute approximate surface area is 184 Å². The third-order valence-corrected chi connectivity index (χ3v) is 5.33. The SMILES string of the molecule is CN=C(NCCc1ccc(S(C)(=O)=O)cc1)NCc1ccc(OC)c(C)c1.I. The first-order valence-electron chi connectivity index (χ1n) is 8.70. The quantitative estimate of drug-likeness (QED) is 0.336. The molecule has 0 saturated heterocycles. The summed E-state index contributed by atoms with van der Waals surface area (Å²) in [5, 5.41) is 6.55. The highest BCUT2D eigenvalue weighted by Crippen LogP contribution is 2.18. The topological polar surface area (TPSA) is 79.8 Å². The van der Waals surface area contributed by atoms with Gasteiger partial charge in [-0.05, 0) is 48.2 Å². The normalized spacial score (nSPS) is 11.5. The zero-order valence-electron chi connectivity index (χ0n) is 16.7. The van der Waals surface area contributed by atoms with E-state index in [1.165, 1.54) is 6.26 Å². The predicted octanol–water partition coefficient (Wildman–Crippen LogP) is 2.93. The standard InChI is InChI=1S/C20H27N3O3S.HI/c1-15-13-17(7-10-19(15)26-3)14-23-20(21-2)22-12-11-16-5-8-18(9-6-16)27(4,24)25;/h5-10,13H,11-12,14H2,1-4H3,(H2,21,22,23);1H. The van der Waals surface area contributed by atoms with Crippen LogP contribution in [0.4, 0.5) is 0 Å². The molecule has 2 aromatic carbocycles. The van der Waals surface area contributed by atoms with Gasteiger partial charge in [-0.15, -0.1) is 24.0 Å². The van der Waals surface area contributed by atoms with Gasteiger partial charge in [0.1, 0.15) is 5.75 Å². The first-order chi connectivity index (χ1) is 12.8. The number of nitrogens with zero attached hydrogens (tertiary/aromatic N) is 1. The average molecular weight is 517 g/mol. The second kappa shape index (κ2) is 11.3. The van der Waals surface area contributed by atoms with Crippen LogP contribution in [0.5, 0.6) is 5.75 Å². The van der Waals surface area contributed by atoms with Crippen LogP contribution in [0, 0.1) is 6.92 Å². The number of sulfone groups is 1. The van der Waals surface area contributed by atoms with Crippen molar-refractivity contribution in [3.63, 3.8) is 0 Å². The van der Waals surface area contributed by atoms with Gasteiger partial charge in [0.05, 0.1) is 12.0 Å². The number of halogens is 1. The zero-order valence-corrected chi connectivity index (χ0v) is 19.8. The monoisotopic (exact) mass is 517 g/mol. The Hall–Kier alpha value is -1.81. The maximum absolute atomic E-state index is 11.5. The summed E-state index contributed by atoms with van der Waals surface area (Å²) in [6, 6.07) is 13.0. The maximum Gasteiger partial charge on any atom is 0.191 e. The lowest BCUT2D eigenvalue weighted by atomic mass is 10.1. The summed E-state index contributed by atoms with van der Waals surface area (Å²) in [6.07, 6.45) is 1.98. The van der Waals surface area contributed by atoms with Gasteiger partial charge in [0.2, 0.25) is 0 Å². The van der Waals surface area contributed by atoms with Crippen molar-refractivity contribution >= 4 is 39.8 Å². The highest BCUT2D eigenvalue weighted by atomic mass is 127. The number of aliphatic imine (C=N–C) groups is 1. The van der Waals surface area contributed by atoms with Gasteiger partial charge in [0.15, 0.2) is 15.8 Å². The Morgan fingerprint density at radius 1 is 1.07 bits per heavy atom. The summed E-state index contributed by atoms with van der Waals surface area (Å²) >= 11 is 0. The number of methoxy groups -OCH3 is 1. The maximum atomic E-state index is 11.5. The molecular formula is C20H28IN3O3S. The molecule has 0 heterocycles. The molecule has 28 heavy (non-hydrogen) atoms. The Balaban J connectivity index is 0.00000392. The number of rotatable bonds is 7. The van der Waals surface area contributed by atoms with E-state index in [2.05, 4.69) is 21.7 Å². The molecular weight excluding hydrogens is 489 g/mol. The second-order valence-electron chi connectivity index (χ2n) is 6.32. The van der Waals surface area contributed by atoms with Gasteiger partial charge in [-0.2, -0.15) is 0 Å². The van der Waals surface area contributed by atoms with Crippen molar-refractivity contribution in [2.24, 2.45) is 4.99 Å².